The Kier molecular flexibility index (Phi) is 5.31. The minimum Gasteiger partial charge on any atom is -0.493 e. The fourth-order valence-corrected chi connectivity index (χ4v) is 4.79. The maximum Gasteiger partial charge on any atom is 0.284 e. The van der Waals surface area contributed by atoms with Crippen molar-refractivity contribution in [2.75, 3.05) is 0 Å². The molecule has 33 heavy (non-hydrogen) atoms. The molecule has 0 atom stereocenters. The van der Waals surface area contributed by atoms with E-state index >= 15 is 0 Å². The number of rotatable bonds is 5. The second kappa shape index (κ2) is 8.44. The highest BCUT2D eigenvalue weighted by atomic mass is 32.1. The number of thiophene rings is 1. The van der Waals surface area contributed by atoms with Crippen molar-refractivity contribution in [3.8, 4) is 17.0 Å². The van der Waals surface area contributed by atoms with Crippen LogP contribution < -0.4 is 5.56 Å². The number of azo groups is 1. The zero-order chi connectivity index (χ0) is 22.9. The van der Waals surface area contributed by atoms with Gasteiger partial charge in [0, 0.05) is 22.9 Å². The Balaban J connectivity index is 1.47. The summed E-state index contributed by atoms with van der Waals surface area (Å²) in [4.78, 5) is 30.6. The van der Waals surface area contributed by atoms with E-state index in [-0.39, 0.29) is 23.7 Å². The summed E-state index contributed by atoms with van der Waals surface area (Å²) in [6.45, 7) is 2.14. The molecule has 1 N–H and O–H groups in total. The molecule has 0 radical (unpaired) electrons. The molecule has 3 aromatic heterocycles. The van der Waals surface area contributed by atoms with E-state index in [4.69, 9.17) is 0 Å². The number of aryl methyl sites for hydroxylation is 1. The summed E-state index contributed by atoms with van der Waals surface area (Å²) < 4.78 is 2.93. The van der Waals surface area contributed by atoms with Gasteiger partial charge in [-0.15, -0.1) is 21.6 Å². The highest BCUT2D eigenvalue weighted by Gasteiger charge is 2.17. The number of aromatic nitrogens is 3. The second-order valence-corrected chi connectivity index (χ2v) is 8.26. The van der Waals surface area contributed by atoms with Crippen LogP contribution in [0.4, 0.5) is 5.69 Å². The molecule has 0 bridgehead atoms. The van der Waals surface area contributed by atoms with Crippen LogP contribution in [-0.2, 0) is 17.9 Å². The number of fused-ring (bicyclic) bond motifs is 2. The fraction of sp³-hybridized carbons (Fsp3) is 0.125. The lowest BCUT2D eigenvalue weighted by Crippen LogP contribution is -2.23. The van der Waals surface area contributed by atoms with Gasteiger partial charge in [0.05, 0.1) is 17.2 Å². The SMILES string of the molecule is CCn1c(O)c(N=NC(=O)Cn2cnc3scc(-c4ccccc4)c3c2=O)c2ccccc21. The van der Waals surface area contributed by atoms with Gasteiger partial charge in [-0.3, -0.25) is 14.2 Å². The number of benzene rings is 2. The van der Waals surface area contributed by atoms with Crippen LogP contribution in [0.15, 0.2) is 81.3 Å². The van der Waals surface area contributed by atoms with Crippen LogP contribution in [0.5, 0.6) is 5.88 Å². The fourth-order valence-electron chi connectivity index (χ4n) is 3.88. The van der Waals surface area contributed by atoms with E-state index in [1.54, 1.807) is 4.57 Å². The van der Waals surface area contributed by atoms with E-state index in [0.717, 1.165) is 16.6 Å². The lowest BCUT2D eigenvalue weighted by atomic mass is 10.1. The number of para-hydroxylation sites is 1. The van der Waals surface area contributed by atoms with Crippen LogP contribution in [0, 0.1) is 0 Å². The lowest BCUT2D eigenvalue weighted by molar-refractivity contribution is -0.118. The molecule has 5 rings (SSSR count). The molecule has 0 fully saturated rings. The summed E-state index contributed by atoms with van der Waals surface area (Å²) in [5.74, 6) is -0.677. The monoisotopic (exact) mass is 457 g/mol. The molecular weight excluding hydrogens is 438 g/mol. The average molecular weight is 458 g/mol. The zero-order valence-electron chi connectivity index (χ0n) is 17.7. The number of carbonyl (C=O) groups excluding carboxylic acids is 1. The van der Waals surface area contributed by atoms with Crippen LogP contribution in [-0.4, -0.2) is 25.1 Å². The number of hydrogen-bond acceptors (Lipinski definition) is 6. The van der Waals surface area contributed by atoms with Crippen LogP contribution in [0.2, 0.25) is 0 Å². The van der Waals surface area contributed by atoms with Gasteiger partial charge in [-0.2, -0.15) is 0 Å². The summed E-state index contributed by atoms with van der Waals surface area (Å²) in [7, 11) is 0. The summed E-state index contributed by atoms with van der Waals surface area (Å²) >= 11 is 1.38. The Hall–Kier alpha value is -4.11. The Morgan fingerprint density at radius 2 is 1.88 bits per heavy atom. The summed E-state index contributed by atoms with van der Waals surface area (Å²) in [5, 5.41) is 21.4. The predicted molar refractivity (Wildman–Crippen MR) is 128 cm³/mol. The number of amides is 1. The number of hydrogen-bond donors (Lipinski definition) is 1. The molecule has 0 saturated heterocycles. The van der Waals surface area contributed by atoms with Gasteiger partial charge in [0.2, 0.25) is 5.88 Å². The molecule has 3 heterocycles. The van der Waals surface area contributed by atoms with Gasteiger partial charge in [0.15, 0.2) is 5.69 Å². The van der Waals surface area contributed by atoms with Crippen molar-refractivity contribution >= 4 is 44.1 Å². The van der Waals surface area contributed by atoms with Crippen LogP contribution in [0.25, 0.3) is 32.2 Å². The predicted octanol–water partition coefficient (Wildman–Crippen LogP) is 5.12. The zero-order valence-corrected chi connectivity index (χ0v) is 18.5. The molecule has 9 heteroatoms. The number of nitrogens with zero attached hydrogens (tertiary/aromatic N) is 5. The Labute approximate surface area is 192 Å². The first-order chi connectivity index (χ1) is 16.1. The summed E-state index contributed by atoms with van der Waals surface area (Å²) in [6.07, 6.45) is 1.35. The van der Waals surface area contributed by atoms with Crippen molar-refractivity contribution in [3.63, 3.8) is 0 Å². The first-order valence-corrected chi connectivity index (χ1v) is 11.2. The van der Waals surface area contributed by atoms with E-state index < -0.39 is 5.91 Å². The van der Waals surface area contributed by atoms with Gasteiger partial charge in [-0.25, -0.2) is 4.98 Å². The van der Waals surface area contributed by atoms with E-state index in [1.165, 1.54) is 22.2 Å². The highest BCUT2D eigenvalue weighted by molar-refractivity contribution is 7.17. The van der Waals surface area contributed by atoms with Crippen molar-refractivity contribution in [2.45, 2.75) is 20.0 Å². The lowest BCUT2D eigenvalue weighted by Gasteiger charge is -2.03. The number of carbonyl (C=O) groups is 1. The first kappa shape index (κ1) is 20.8. The van der Waals surface area contributed by atoms with E-state index in [1.807, 2.05) is 66.9 Å². The van der Waals surface area contributed by atoms with Crippen molar-refractivity contribution in [1.82, 2.24) is 14.1 Å². The van der Waals surface area contributed by atoms with Crippen molar-refractivity contribution < 1.29 is 9.90 Å². The smallest absolute Gasteiger partial charge is 0.284 e. The quantitative estimate of drug-likeness (QED) is 0.370. The molecular formula is C24H19N5O3S. The molecule has 1 amide bonds. The van der Waals surface area contributed by atoms with Crippen molar-refractivity contribution in [3.05, 3.63) is 76.7 Å². The van der Waals surface area contributed by atoms with E-state index in [9.17, 15) is 14.7 Å². The minimum absolute atomic E-state index is 0.0544. The molecule has 164 valence electrons. The molecule has 0 aliphatic heterocycles. The third-order valence-corrected chi connectivity index (χ3v) is 6.33. The molecule has 8 nitrogen and oxygen atoms in total. The second-order valence-electron chi connectivity index (χ2n) is 7.40. The molecule has 2 aromatic carbocycles. The van der Waals surface area contributed by atoms with Crippen molar-refractivity contribution in [2.24, 2.45) is 10.2 Å². The topological polar surface area (TPSA) is 102 Å². The average Bonchev–Trinajstić information content (AvgIpc) is 3.39. The van der Waals surface area contributed by atoms with Crippen LogP contribution in [0.3, 0.4) is 0 Å². The Bertz CT molecular complexity index is 1580. The van der Waals surface area contributed by atoms with Gasteiger partial charge in [0.25, 0.3) is 11.5 Å². The summed E-state index contributed by atoms with van der Waals surface area (Å²) in [6, 6.07) is 16.9. The molecule has 0 saturated carbocycles. The molecule has 0 aliphatic carbocycles. The van der Waals surface area contributed by atoms with Gasteiger partial charge < -0.3 is 9.67 Å². The molecule has 0 aliphatic rings. The maximum atomic E-state index is 13.1. The van der Waals surface area contributed by atoms with Crippen LogP contribution in [0.1, 0.15) is 6.92 Å². The Morgan fingerprint density at radius 3 is 2.67 bits per heavy atom. The summed E-state index contributed by atoms with van der Waals surface area (Å²) in [5.41, 5.74) is 2.42. The molecule has 0 spiro atoms. The third-order valence-electron chi connectivity index (χ3n) is 5.45. The molecule has 0 unspecified atom stereocenters. The van der Waals surface area contributed by atoms with Crippen LogP contribution >= 0.6 is 11.3 Å². The highest BCUT2D eigenvalue weighted by Crippen LogP contribution is 2.38. The van der Waals surface area contributed by atoms with Gasteiger partial charge in [0.1, 0.15) is 11.4 Å². The minimum atomic E-state index is -0.623. The van der Waals surface area contributed by atoms with E-state index in [0.29, 0.717) is 22.1 Å². The third kappa shape index (κ3) is 3.62. The van der Waals surface area contributed by atoms with Gasteiger partial charge in [-0.1, -0.05) is 48.5 Å². The normalized spacial score (nSPS) is 11.7. The standard InChI is InChI=1S/C24H19N5O3S/c1-2-29-18-11-7-6-10-16(18)21(24(29)32)27-26-19(30)12-28-14-25-22-20(23(28)31)17(13-33-22)15-8-4-3-5-9-15/h3-11,13-14,32H,2,12H2,1H3. The molecule has 5 aromatic rings. The maximum absolute atomic E-state index is 13.1. The van der Waals surface area contributed by atoms with Gasteiger partial charge >= 0.3 is 0 Å². The number of aromatic hydroxyl groups is 1. The van der Waals surface area contributed by atoms with Gasteiger partial charge in [-0.05, 0) is 18.6 Å². The van der Waals surface area contributed by atoms with Crippen molar-refractivity contribution in [1.29, 1.82) is 0 Å². The Morgan fingerprint density at radius 1 is 1.12 bits per heavy atom. The first-order valence-electron chi connectivity index (χ1n) is 10.3. The largest absolute Gasteiger partial charge is 0.493 e. The van der Waals surface area contributed by atoms with E-state index in [2.05, 4.69) is 15.2 Å².